The lowest BCUT2D eigenvalue weighted by Gasteiger charge is -2.31. The number of hydrogen-bond acceptors (Lipinski definition) is 2. The molecule has 2 heteroatoms. The molecule has 1 fully saturated rings. The van der Waals surface area contributed by atoms with Crippen molar-refractivity contribution in [3.05, 3.63) is 36.2 Å². The molecule has 1 aliphatic heterocycles. The quantitative estimate of drug-likeness (QED) is 0.752. The van der Waals surface area contributed by atoms with Crippen molar-refractivity contribution in [2.24, 2.45) is 5.92 Å². The van der Waals surface area contributed by atoms with Gasteiger partial charge in [-0.05, 0) is 43.9 Å². The maximum atomic E-state index is 4.48. The van der Waals surface area contributed by atoms with Crippen molar-refractivity contribution in [2.45, 2.75) is 32.4 Å². The van der Waals surface area contributed by atoms with Gasteiger partial charge in [0.25, 0.3) is 0 Å². The molecule has 1 saturated heterocycles. The first-order valence-corrected chi connectivity index (χ1v) is 6.14. The Labute approximate surface area is 97.0 Å². The van der Waals surface area contributed by atoms with Crippen molar-refractivity contribution < 1.29 is 0 Å². The van der Waals surface area contributed by atoms with E-state index in [2.05, 4.69) is 41.9 Å². The van der Waals surface area contributed by atoms with Crippen molar-refractivity contribution in [1.82, 2.24) is 9.88 Å². The molecule has 0 saturated carbocycles. The second kappa shape index (κ2) is 3.70. The fraction of sp³-hybridized carbons (Fsp3) is 0.500. The van der Waals surface area contributed by atoms with Crippen LogP contribution in [0.25, 0.3) is 5.57 Å². The summed E-state index contributed by atoms with van der Waals surface area (Å²) in [6, 6.07) is 7.44. The Morgan fingerprint density at radius 3 is 2.88 bits per heavy atom. The molecule has 0 radical (unpaired) electrons. The number of hydrogen-bond donors (Lipinski definition) is 0. The standard InChI is InChI=1S/C14H18N2/c1-10(2)16-9-11-7-12(14(16)8-11)13-5-3-4-6-15-13/h3-7,10-11,14H,8-9H2,1-2H3. The van der Waals surface area contributed by atoms with Crippen LogP contribution in [0.4, 0.5) is 0 Å². The van der Waals surface area contributed by atoms with Crippen LogP contribution in [0.3, 0.4) is 0 Å². The Hall–Kier alpha value is -1.15. The summed E-state index contributed by atoms with van der Waals surface area (Å²) < 4.78 is 0. The fourth-order valence-corrected chi connectivity index (χ4v) is 3.05. The van der Waals surface area contributed by atoms with Gasteiger partial charge < -0.3 is 0 Å². The third kappa shape index (κ3) is 1.49. The SMILES string of the molecule is CC(C)N1CC2C=C(c3ccccn3)C1C2. The van der Waals surface area contributed by atoms with E-state index in [0.29, 0.717) is 12.1 Å². The molecule has 0 spiro atoms. The van der Waals surface area contributed by atoms with Gasteiger partial charge in [0.2, 0.25) is 0 Å². The van der Waals surface area contributed by atoms with E-state index in [1.54, 1.807) is 0 Å². The van der Waals surface area contributed by atoms with E-state index in [-0.39, 0.29) is 0 Å². The van der Waals surface area contributed by atoms with Crippen LogP contribution in [0.15, 0.2) is 30.5 Å². The zero-order valence-corrected chi connectivity index (χ0v) is 9.93. The number of likely N-dealkylation sites (tertiary alicyclic amines) is 1. The fourth-order valence-electron chi connectivity index (χ4n) is 3.05. The largest absolute Gasteiger partial charge is 0.293 e. The maximum Gasteiger partial charge on any atom is 0.0674 e. The summed E-state index contributed by atoms with van der Waals surface area (Å²) in [5.74, 6) is 0.754. The summed E-state index contributed by atoms with van der Waals surface area (Å²) in [4.78, 5) is 7.08. The van der Waals surface area contributed by atoms with Gasteiger partial charge in [-0.3, -0.25) is 9.88 Å². The molecular weight excluding hydrogens is 196 g/mol. The predicted octanol–water partition coefficient (Wildman–Crippen LogP) is 2.58. The van der Waals surface area contributed by atoms with E-state index in [1.807, 2.05) is 12.3 Å². The molecule has 1 aliphatic carbocycles. The van der Waals surface area contributed by atoms with Crippen LogP contribution in [0.5, 0.6) is 0 Å². The number of pyridine rings is 1. The zero-order chi connectivity index (χ0) is 11.1. The Kier molecular flexibility index (Phi) is 2.32. The van der Waals surface area contributed by atoms with Crippen LogP contribution in [-0.4, -0.2) is 28.5 Å². The molecule has 2 bridgehead atoms. The van der Waals surface area contributed by atoms with Gasteiger partial charge in [0, 0.05) is 24.8 Å². The monoisotopic (exact) mass is 214 g/mol. The van der Waals surface area contributed by atoms with E-state index in [9.17, 15) is 0 Å². The maximum absolute atomic E-state index is 4.48. The lowest BCUT2D eigenvalue weighted by Crippen LogP contribution is -2.37. The molecule has 0 N–H and O–H groups in total. The Bertz CT molecular complexity index is 408. The number of nitrogens with zero attached hydrogens (tertiary/aromatic N) is 2. The van der Waals surface area contributed by atoms with Gasteiger partial charge in [-0.1, -0.05) is 12.1 Å². The highest BCUT2D eigenvalue weighted by atomic mass is 15.2. The lowest BCUT2D eigenvalue weighted by molar-refractivity contribution is 0.231. The second-order valence-corrected chi connectivity index (χ2v) is 5.14. The van der Waals surface area contributed by atoms with Crippen LogP contribution in [0, 0.1) is 5.92 Å². The van der Waals surface area contributed by atoms with Gasteiger partial charge in [0.05, 0.1) is 5.69 Å². The molecule has 16 heavy (non-hydrogen) atoms. The third-order valence-corrected chi connectivity index (χ3v) is 3.77. The molecule has 3 rings (SSSR count). The van der Waals surface area contributed by atoms with E-state index < -0.39 is 0 Å². The molecule has 2 heterocycles. The molecule has 2 unspecified atom stereocenters. The van der Waals surface area contributed by atoms with E-state index in [0.717, 1.165) is 5.92 Å². The number of aromatic nitrogens is 1. The topological polar surface area (TPSA) is 16.1 Å². The summed E-state index contributed by atoms with van der Waals surface area (Å²) >= 11 is 0. The van der Waals surface area contributed by atoms with Gasteiger partial charge in [-0.15, -0.1) is 0 Å². The molecule has 2 aliphatic rings. The smallest absolute Gasteiger partial charge is 0.0674 e. The van der Waals surface area contributed by atoms with E-state index in [4.69, 9.17) is 0 Å². The van der Waals surface area contributed by atoms with Crippen molar-refractivity contribution in [2.75, 3.05) is 6.54 Å². The highest BCUT2D eigenvalue weighted by Gasteiger charge is 2.40. The lowest BCUT2D eigenvalue weighted by atomic mass is 10.0. The summed E-state index contributed by atoms with van der Waals surface area (Å²) in [5.41, 5.74) is 2.62. The van der Waals surface area contributed by atoms with Crippen LogP contribution < -0.4 is 0 Å². The predicted molar refractivity (Wildman–Crippen MR) is 66.0 cm³/mol. The van der Waals surface area contributed by atoms with Gasteiger partial charge in [-0.25, -0.2) is 0 Å². The van der Waals surface area contributed by atoms with E-state index in [1.165, 1.54) is 24.2 Å². The third-order valence-electron chi connectivity index (χ3n) is 3.77. The zero-order valence-electron chi connectivity index (χ0n) is 9.93. The van der Waals surface area contributed by atoms with Gasteiger partial charge >= 0.3 is 0 Å². The van der Waals surface area contributed by atoms with Gasteiger partial charge in [0.1, 0.15) is 0 Å². The Balaban J connectivity index is 1.92. The summed E-state index contributed by atoms with van der Waals surface area (Å²) in [5, 5.41) is 0. The van der Waals surface area contributed by atoms with Crippen molar-refractivity contribution in [1.29, 1.82) is 0 Å². The highest BCUT2D eigenvalue weighted by Crippen LogP contribution is 2.41. The summed E-state index contributed by atoms with van der Waals surface area (Å²) in [7, 11) is 0. The highest BCUT2D eigenvalue weighted by molar-refractivity contribution is 5.70. The van der Waals surface area contributed by atoms with Crippen molar-refractivity contribution in [3.8, 4) is 0 Å². The first-order chi connectivity index (χ1) is 7.75. The van der Waals surface area contributed by atoms with Gasteiger partial charge in [0.15, 0.2) is 0 Å². The number of rotatable bonds is 2. The second-order valence-electron chi connectivity index (χ2n) is 5.14. The van der Waals surface area contributed by atoms with Crippen molar-refractivity contribution in [3.63, 3.8) is 0 Å². The van der Waals surface area contributed by atoms with Crippen molar-refractivity contribution >= 4 is 5.57 Å². The summed E-state index contributed by atoms with van der Waals surface area (Å²) in [6.07, 6.45) is 5.62. The van der Waals surface area contributed by atoms with Gasteiger partial charge in [-0.2, -0.15) is 0 Å². The minimum Gasteiger partial charge on any atom is -0.293 e. The van der Waals surface area contributed by atoms with Crippen LogP contribution in [-0.2, 0) is 0 Å². The molecule has 2 nitrogen and oxygen atoms in total. The Morgan fingerprint density at radius 1 is 1.38 bits per heavy atom. The minimum atomic E-state index is 0.611. The molecule has 0 amide bonds. The average Bonchev–Trinajstić information content (AvgIpc) is 2.89. The Morgan fingerprint density at radius 2 is 2.25 bits per heavy atom. The number of fused-ring (bicyclic) bond motifs is 2. The van der Waals surface area contributed by atoms with E-state index >= 15 is 0 Å². The normalized spacial score (nSPS) is 28.8. The molecule has 2 atom stereocenters. The van der Waals surface area contributed by atoms with Crippen LogP contribution >= 0.6 is 0 Å². The molecular formula is C14H18N2. The molecule has 84 valence electrons. The molecule has 0 aromatic carbocycles. The van der Waals surface area contributed by atoms with Crippen LogP contribution in [0.2, 0.25) is 0 Å². The molecule has 1 aromatic rings. The first kappa shape index (κ1) is 10.0. The summed E-state index contributed by atoms with van der Waals surface area (Å²) in [6.45, 7) is 5.81. The molecule has 1 aromatic heterocycles. The average molecular weight is 214 g/mol. The minimum absolute atomic E-state index is 0.611. The van der Waals surface area contributed by atoms with Crippen LogP contribution in [0.1, 0.15) is 26.0 Å². The first-order valence-electron chi connectivity index (χ1n) is 6.14.